The number of aromatic nitrogens is 1. The summed E-state index contributed by atoms with van der Waals surface area (Å²) >= 11 is 0. The van der Waals surface area contributed by atoms with Gasteiger partial charge in [-0.3, -0.25) is 9.69 Å². The number of ether oxygens (including phenoxy) is 1. The van der Waals surface area contributed by atoms with E-state index in [0.717, 1.165) is 64.6 Å². The molecule has 4 rings (SSSR count). The number of hydrogen-bond donors (Lipinski definition) is 1. The number of morpholine rings is 1. The Bertz CT molecular complexity index is 600. The van der Waals surface area contributed by atoms with Gasteiger partial charge in [0.25, 0.3) is 0 Å². The van der Waals surface area contributed by atoms with Crippen LogP contribution in [0.5, 0.6) is 0 Å². The van der Waals surface area contributed by atoms with E-state index in [1.807, 2.05) is 12.3 Å². The lowest BCUT2D eigenvalue weighted by molar-refractivity contribution is -0.138. The second-order valence-electron chi connectivity index (χ2n) is 7.85. The lowest BCUT2D eigenvalue weighted by Gasteiger charge is -2.40. The molecule has 0 radical (unpaired) electrons. The maximum atomic E-state index is 12.7. The second kappa shape index (κ2) is 8.99. The number of pyridine rings is 1. The van der Waals surface area contributed by atoms with E-state index >= 15 is 0 Å². The van der Waals surface area contributed by atoms with E-state index in [9.17, 15) is 4.79 Å². The van der Waals surface area contributed by atoms with Crippen LogP contribution < -0.4 is 10.2 Å². The highest BCUT2D eigenvalue weighted by Gasteiger charge is 2.31. The highest BCUT2D eigenvalue weighted by atomic mass is 16.5. The number of rotatable bonds is 4. The third-order valence-electron chi connectivity index (χ3n) is 5.91. The molecule has 4 heterocycles. The Kier molecular flexibility index (Phi) is 6.21. The van der Waals surface area contributed by atoms with E-state index < -0.39 is 0 Å². The number of nitrogens with one attached hydrogen (secondary N) is 1. The van der Waals surface area contributed by atoms with Crippen LogP contribution in [0.2, 0.25) is 0 Å². The molecule has 3 aliphatic heterocycles. The maximum Gasteiger partial charge on any atom is 0.242 e. The van der Waals surface area contributed by atoms with Crippen molar-refractivity contribution in [2.45, 2.75) is 18.9 Å². The Morgan fingerprint density at radius 1 is 1.22 bits per heavy atom. The van der Waals surface area contributed by atoms with Crippen LogP contribution in [0.1, 0.15) is 12.8 Å². The fourth-order valence-electron chi connectivity index (χ4n) is 4.42. The van der Waals surface area contributed by atoms with Crippen molar-refractivity contribution in [3.05, 3.63) is 24.4 Å². The van der Waals surface area contributed by atoms with Crippen LogP contribution in [0.25, 0.3) is 0 Å². The maximum absolute atomic E-state index is 12.7. The molecular formula is C20H31N5O2. The predicted molar refractivity (Wildman–Crippen MR) is 105 cm³/mol. The first-order valence-corrected chi connectivity index (χ1v) is 10.3. The predicted octanol–water partition coefficient (Wildman–Crippen LogP) is 0.431. The highest BCUT2D eigenvalue weighted by molar-refractivity contribution is 5.82. The van der Waals surface area contributed by atoms with Gasteiger partial charge in [-0.25, -0.2) is 4.98 Å². The zero-order valence-electron chi connectivity index (χ0n) is 16.1. The van der Waals surface area contributed by atoms with Gasteiger partial charge in [0.2, 0.25) is 5.91 Å². The number of piperidine rings is 1. The van der Waals surface area contributed by atoms with Crippen LogP contribution >= 0.6 is 0 Å². The summed E-state index contributed by atoms with van der Waals surface area (Å²) in [4.78, 5) is 24.2. The minimum absolute atomic E-state index is 0.153. The standard InChI is InChI=1S/C20H31N5O2/c26-20(18-16-27-13-7-21-18)25-8-3-4-17(15-25)14-23-9-11-24(12-10-23)19-5-1-2-6-22-19/h1-2,5-6,17-18,21H,3-4,7-16H2/t17-,18+/m1/s1. The second-order valence-corrected chi connectivity index (χ2v) is 7.85. The van der Waals surface area contributed by atoms with Gasteiger partial charge in [0, 0.05) is 58.6 Å². The summed E-state index contributed by atoms with van der Waals surface area (Å²) in [6.45, 7) is 9.04. The van der Waals surface area contributed by atoms with Crippen molar-refractivity contribution in [3.8, 4) is 0 Å². The van der Waals surface area contributed by atoms with Crippen molar-refractivity contribution >= 4 is 11.7 Å². The molecule has 7 heteroatoms. The van der Waals surface area contributed by atoms with Crippen LogP contribution in [0.3, 0.4) is 0 Å². The molecule has 7 nitrogen and oxygen atoms in total. The van der Waals surface area contributed by atoms with Gasteiger partial charge in [-0.15, -0.1) is 0 Å². The summed E-state index contributed by atoms with van der Waals surface area (Å²) in [6, 6.07) is 5.95. The van der Waals surface area contributed by atoms with Crippen molar-refractivity contribution in [2.75, 3.05) is 70.5 Å². The molecule has 0 unspecified atom stereocenters. The number of amides is 1. The van der Waals surface area contributed by atoms with Crippen LogP contribution in [-0.4, -0.2) is 92.3 Å². The SMILES string of the molecule is O=C([C@@H]1COCCN1)N1CCC[C@H](CN2CCN(c3ccccn3)CC2)C1. The Labute approximate surface area is 161 Å². The molecule has 0 saturated carbocycles. The van der Waals surface area contributed by atoms with E-state index in [1.165, 1.54) is 6.42 Å². The quantitative estimate of drug-likeness (QED) is 0.826. The van der Waals surface area contributed by atoms with Gasteiger partial charge in [0.05, 0.1) is 13.2 Å². The van der Waals surface area contributed by atoms with Gasteiger partial charge >= 0.3 is 0 Å². The molecule has 0 aliphatic carbocycles. The van der Waals surface area contributed by atoms with Gasteiger partial charge in [-0.1, -0.05) is 6.07 Å². The average molecular weight is 374 g/mol. The molecule has 1 amide bonds. The molecule has 0 spiro atoms. The van der Waals surface area contributed by atoms with Crippen LogP contribution in [0.15, 0.2) is 24.4 Å². The van der Waals surface area contributed by atoms with E-state index in [-0.39, 0.29) is 11.9 Å². The molecule has 2 atom stereocenters. The van der Waals surface area contributed by atoms with E-state index in [0.29, 0.717) is 19.1 Å². The van der Waals surface area contributed by atoms with Gasteiger partial charge in [0.1, 0.15) is 11.9 Å². The molecule has 0 aromatic carbocycles. The van der Waals surface area contributed by atoms with Crippen molar-refractivity contribution in [1.29, 1.82) is 0 Å². The number of carbonyl (C=O) groups is 1. The first-order chi connectivity index (χ1) is 13.3. The number of anilines is 1. The molecule has 148 valence electrons. The van der Waals surface area contributed by atoms with Crippen LogP contribution in [0, 0.1) is 5.92 Å². The zero-order valence-corrected chi connectivity index (χ0v) is 16.1. The Morgan fingerprint density at radius 2 is 2.11 bits per heavy atom. The van der Waals surface area contributed by atoms with Gasteiger partial charge in [-0.05, 0) is 30.9 Å². The Balaban J connectivity index is 1.24. The third kappa shape index (κ3) is 4.78. The summed E-state index contributed by atoms with van der Waals surface area (Å²) in [5.41, 5.74) is 0. The summed E-state index contributed by atoms with van der Waals surface area (Å²) in [6.07, 6.45) is 4.19. The molecule has 1 aromatic heterocycles. The van der Waals surface area contributed by atoms with Crippen molar-refractivity contribution < 1.29 is 9.53 Å². The van der Waals surface area contributed by atoms with E-state index in [4.69, 9.17) is 4.74 Å². The number of carbonyl (C=O) groups excluding carboxylic acids is 1. The summed E-state index contributed by atoms with van der Waals surface area (Å²) < 4.78 is 5.46. The third-order valence-corrected chi connectivity index (χ3v) is 5.91. The van der Waals surface area contributed by atoms with E-state index in [2.05, 4.69) is 37.1 Å². The number of piperazine rings is 1. The first kappa shape index (κ1) is 18.7. The van der Waals surface area contributed by atoms with Gasteiger partial charge in [0.15, 0.2) is 0 Å². The monoisotopic (exact) mass is 373 g/mol. The lowest BCUT2D eigenvalue weighted by Crippen LogP contribution is -2.55. The van der Waals surface area contributed by atoms with Crippen molar-refractivity contribution in [1.82, 2.24) is 20.1 Å². The highest BCUT2D eigenvalue weighted by Crippen LogP contribution is 2.20. The fourth-order valence-corrected chi connectivity index (χ4v) is 4.42. The zero-order chi connectivity index (χ0) is 18.5. The van der Waals surface area contributed by atoms with Gasteiger partial charge < -0.3 is 19.9 Å². The molecule has 1 N–H and O–H groups in total. The Morgan fingerprint density at radius 3 is 2.85 bits per heavy atom. The molecule has 3 fully saturated rings. The lowest BCUT2D eigenvalue weighted by atomic mass is 9.96. The average Bonchev–Trinajstić information content (AvgIpc) is 2.75. The number of likely N-dealkylation sites (tertiary alicyclic amines) is 1. The largest absolute Gasteiger partial charge is 0.378 e. The fraction of sp³-hybridized carbons (Fsp3) is 0.700. The summed E-state index contributed by atoms with van der Waals surface area (Å²) in [5.74, 6) is 1.88. The van der Waals surface area contributed by atoms with Crippen LogP contribution in [-0.2, 0) is 9.53 Å². The normalized spacial score (nSPS) is 27.6. The summed E-state index contributed by atoms with van der Waals surface area (Å²) in [7, 11) is 0. The summed E-state index contributed by atoms with van der Waals surface area (Å²) in [5, 5.41) is 3.29. The molecule has 3 aliphatic rings. The minimum atomic E-state index is -0.153. The van der Waals surface area contributed by atoms with Crippen molar-refractivity contribution in [2.24, 2.45) is 5.92 Å². The van der Waals surface area contributed by atoms with Gasteiger partial charge in [-0.2, -0.15) is 0 Å². The molecule has 27 heavy (non-hydrogen) atoms. The molecule has 1 aromatic rings. The Hall–Kier alpha value is -1.70. The minimum Gasteiger partial charge on any atom is -0.378 e. The topological polar surface area (TPSA) is 60.9 Å². The molecule has 3 saturated heterocycles. The first-order valence-electron chi connectivity index (χ1n) is 10.3. The number of hydrogen-bond acceptors (Lipinski definition) is 6. The molecule has 0 bridgehead atoms. The van der Waals surface area contributed by atoms with Crippen molar-refractivity contribution in [3.63, 3.8) is 0 Å². The van der Waals surface area contributed by atoms with E-state index in [1.54, 1.807) is 0 Å². The van der Waals surface area contributed by atoms with Crippen LogP contribution in [0.4, 0.5) is 5.82 Å². The number of nitrogens with zero attached hydrogens (tertiary/aromatic N) is 4. The smallest absolute Gasteiger partial charge is 0.242 e. The molecular weight excluding hydrogens is 342 g/mol.